The number of carbonyl (C=O) groups is 1. The molecular weight excluding hydrogens is 458 g/mol. The molecule has 5 heteroatoms. The monoisotopic (exact) mass is 497 g/mol. The van der Waals surface area contributed by atoms with Crippen molar-refractivity contribution in [2.45, 2.75) is 31.4 Å². The van der Waals surface area contributed by atoms with Gasteiger partial charge >= 0.3 is 0 Å². The van der Waals surface area contributed by atoms with Crippen LogP contribution in [0.2, 0.25) is 0 Å². The minimum absolute atomic E-state index is 0.237. The zero-order valence-electron chi connectivity index (χ0n) is 21.9. The van der Waals surface area contributed by atoms with Crippen LogP contribution in [0.3, 0.4) is 0 Å². The van der Waals surface area contributed by atoms with Crippen molar-refractivity contribution in [1.29, 1.82) is 0 Å². The number of Topliss-reactive ketones (excluding diaryl/α,β-unsaturated/α-hetero) is 1. The second-order valence-corrected chi connectivity index (χ2v) is 10.7. The maximum absolute atomic E-state index is 12.9. The smallest absolute Gasteiger partial charge is 0.160 e. The van der Waals surface area contributed by atoms with Gasteiger partial charge in [-0.3, -0.25) is 19.5 Å². The quantitative estimate of drug-likeness (QED) is 0.504. The third-order valence-corrected chi connectivity index (χ3v) is 8.07. The molecule has 0 aromatic heterocycles. The van der Waals surface area contributed by atoms with Crippen LogP contribution in [0.25, 0.3) is 0 Å². The Morgan fingerprint density at radius 3 is 1.73 bits per heavy atom. The van der Waals surface area contributed by atoms with E-state index in [1.807, 2.05) is 12.1 Å². The van der Waals surface area contributed by atoms with Gasteiger partial charge in [-0.1, -0.05) is 90.5 Å². The fourth-order valence-electron chi connectivity index (χ4n) is 5.85. The summed E-state index contributed by atoms with van der Waals surface area (Å²) in [5.74, 6) is 0.275. The summed E-state index contributed by atoms with van der Waals surface area (Å²) < 4.78 is 0. The van der Waals surface area contributed by atoms with Crippen LogP contribution >= 0.6 is 0 Å². The molecule has 0 amide bonds. The van der Waals surface area contributed by atoms with Gasteiger partial charge in [0.2, 0.25) is 0 Å². The Morgan fingerprint density at radius 1 is 0.730 bits per heavy atom. The molecule has 0 spiro atoms. The van der Waals surface area contributed by atoms with Gasteiger partial charge in [0.15, 0.2) is 5.78 Å². The summed E-state index contributed by atoms with van der Waals surface area (Å²) in [5, 5.41) is 11.2. The van der Waals surface area contributed by atoms with Crippen LogP contribution in [0.15, 0.2) is 84.9 Å². The van der Waals surface area contributed by atoms with Crippen LogP contribution in [-0.2, 0) is 10.4 Å². The molecule has 5 rings (SSSR count). The highest BCUT2D eigenvalue weighted by atomic mass is 16.3. The second-order valence-electron chi connectivity index (χ2n) is 10.7. The second kappa shape index (κ2) is 11.7. The molecule has 2 heterocycles. The van der Waals surface area contributed by atoms with Gasteiger partial charge in [-0.15, -0.1) is 0 Å². The number of rotatable bonds is 8. The third kappa shape index (κ3) is 6.36. The van der Waals surface area contributed by atoms with Crippen molar-refractivity contribution in [3.8, 4) is 0 Å². The van der Waals surface area contributed by atoms with Crippen molar-refractivity contribution >= 4 is 5.78 Å². The van der Waals surface area contributed by atoms with Gasteiger partial charge in [-0.25, -0.2) is 0 Å². The largest absolute Gasteiger partial charge is 0.385 e. The lowest BCUT2D eigenvalue weighted by atomic mass is 9.84. The number of hydrogen-bond donors (Lipinski definition) is 1. The first kappa shape index (κ1) is 25.8. The Balaban J connectivity index is 1.11. The molecule has 5 nitrogen and oxygen atoms in total. The third-order valence-electron chi connectivity index (χ3n) is 8.07. The molecule has 0 radical (unpaired) electrons. The number of aryl methyl sites for hydroxylation is 1. The number of likely N-dealkylation sites (tertiary alicyclic amines) is 1. The zero-order chi connectivity index (χ0) is 25.7. The maximum atomic E-state index is 12.9. The summed E-state index contributed by atoms with van der Waals surface area (Å²) in [5.41, 5.74) is 4.04. The molecular formula is C32H39N3O2. The van der Waals surface area contributed by atoms with Gasteiger partial charge in [0.1, 0.15) is 0 Å². The molecule has 0 unspecified atom stereocenters. The van der Waals surface area contributed by atoms with Gasteiger partial charge in [0.05, 0.1) is 24.7 Å². The first-order valence-electron chi connectivity index (χ1n) is 13.6. The molecule has 3 aromatic carbocycles. The molecule has 1 N–H and O–H groups in total. The van der Waals surface area contributed by atoms with Crippen LogP contribution < -0.4 is 0 Å². The van der Waals surface area contributed by atoms with Crippen molar-refractivity contribution in [3.63, 3.8) is 0 Å². The van der Waals surface area contributed by atoms with Gasteiger partial charge in [0, 0.05) is 39.3 Å². The van der Waals surface area contributed by atoms with E-state index in [1.165, 1.54) is 16.7 Å². The summed E-state index contributed by atoms with van der Waals surface area (Å²) in [6.45, 7) is 8.22. The van der Waals surface area contributed by atoms with Crippen LogP contribution in [0.5, 0.6) is 0 Å². The average molecular weight is 498 g/mol. The Kier molecular flexibility index (Phi) is 8.16. The van der Waals surface area contributed by atoms with Crippen molar-refractivity contribution in [2.24, 2.45) is 0 Å². The Labute approximate surface area is 221 Å². The summed E-state index contributed by atoms with van der Waals surface area (Å²) in [7, 11) is 0. The maximum Gasteiger partial charge on any atom is 0.160 e. The molecule has 2 aliphatic rings. The molecule has 0 bridgehead atoms. The molecule has 2 saturated heterocycles. The van der Waals surface area contributed by atoms with E-state index >= 15 is 0 Å². The molecule has 0 saturated carbocycles. The van der Waals surface area contributed by atoms with E-state index in [4.69, 9.17) is 0 Å². The van der Waals surface area contributed by atoms with Gasteiger partial charge in [-0.05, 0) is 36.5 Å². The standard InChI is InChI=1S/C32H39N3O2/c1-26-12-14-29(15-13-26)32(37)16-18-33(19-17-32)24-30(36)25-34-20-22-35(23-21-34)31(27-8-4-2-5-9-27)28-10-6-3-7-11-28/h2-15,31,37H,16-25H2,1H3. The van der Waals surface area contributed by atoms with Crippen LogP contribution in [0.4, 0.5) is 0 Å². The first-order valence-corrected chi connectivity index (χ1v) is 13.6. The number of carbonyl (C=O) groups excluding carboxylic acids is 1. The molecule has 2 fully saturated rings. The Bertz CT molecular complexity index is 1090. The summed E-state index contributed by atoms with van der Waals surface area (Å²) in [4.78, 5) is 20.0. The fraction of sp³-hybridized carbons (Fsp3) is 0.406. The minimum atomic E-state index is -0.780. The molecule has 0 aliphatic carbocycles. The van der Waals surface area contributed by atoms with Crippen molar-refractivity contribution < 1.29 is 9.90 Å². The predicted octanol–water partition coefficient (Wildman–Crippen LogP) is 4.25. The highest BCUT2D eigenvalue weighted by Gasteiger charge is 2.34. The summed E-state index contributed by atoms with van der Waals surface area (Å²) >= 11 is 0. The highest BCUT2D eigenvalue weighted by molar-refractivity contribution is 5.82. The number of piperazine rings is 1. The van der Waals surface area contributed by atoms with Crippen LogP contribution in [0, 0.1) is 6.92 Å². The van der Waals surface area contributed by atoms with Crippen LogP contribution in [-0.4, -0.2) is 77.9 Å². The number of benzene rings is 3. The average Bonchev–Trinajstić information content (AvgIpc) is 2.93. The van der Waals surface area contributed by atoms with Crippen LogP contribution in [0.1, 0.15) is 41.1 Å². The minimum Gasteiger partial charge on any atom is -0.385 e. The van der Waals surface area contributed by atoms with Crippen molar-refractivity contribution in [1.82, 2.24) is 14.7 Å². The summed E-state index contributed by atoms with van der Waals surface area (Å²) in [6, 6.07) is 29.9. The Hall–Kier alpha value is -2.83. The van der Waals surface area contributed by atoms with Crippen molar-refractivity contribution in [2.75, 3.05) is 52.4 Å². The lowest BCUT2D eigenvalue weighted by Crippen LogP contribution is -2.50. The van der Waals surface area contributed by atoms with E-state index in [0.717, 1.165) is 44.8 Å². The topological polar surface area (TPSA) is 47.0 Å². The lowest BCUT2D eigenvalue weighted by Gasteiger charge is -2.40. The number of aliphatic hydroxyl groups is 1. The van der Waals surface area contributed by atoms with Gasteiger partial charge in [0.25, 0.3) is 0 Å². The van der Waals surface area contributed by atoms with E-state index < -0.39 is 5.60 Å². The van der Waals surface area contributed by atoms with E-state index in [0.29, 0.717) is 25.9 Å². The van der Waals surface area contributed by atoms with Crippen molar-refractivity contribution in [3.05, 3.63) is 107 Å². The molecule has 194 valence electrons. The molecule has 3 aromatic rings. The highest BCUT2D eigenvalue weighted by Crippen LogP contribution is 2.33. The predicted molar refractivity (Wildman–Crippen MR) is 148 cm³/mol. The zero-order valence-corrected chi connectivity index (χ0v) is 21.9. The van der Waals surface area contributed by atoms with E-state index in [-0.39, 0.29) is 11.8 Å². The van der Waals surface area contributed by atoms with Gasteiger partial charge in [-0.2, -0.15) is 0 Å². The molecule has 0 atom stereocenters. The number of hydrogen-bond acceptors (Lipinski definition) is 5. The normalized spacial score (nSPS) is 19.2. The number of nitrogens with zero attached hydrogens (tertiary/aromatic N) is 3. The van der Waals surface area contributed by atoms with E-state index in [2.05, 4.69) is 94.4 Å². The number of piperidine rings is 1. The van der Waals surface area contributed by atoms with Gasteiger partial charge < -0.3 is 5.11 Å². The molecule has 2 aliphatic heterocycles. The van der Waals surface area contributed by atoms with E-state index in [1.54, 1.807) is 0 Å². The Morgan fingerprint density at radius 2 is 1.22 bits per heavy atom. The summed E-state index contributed by atoms with van der Waals surface area (Å²) in [6.07, 6.45) is 1.34. The SMILES string of the molecule is Cc1ccc(C2(O)CCN(CC(=O)CN3CCN(C(c4ccccc4)c4ccccc4)CC3)CC2)cc1. The molecule has 37 heavy (non-hydrogen) atoms. The number of ketones is 1. The first-order chi connectivity index (χ1) is 18.0. The lowest BCUT2D eigenvalue weighted by molar-refractivity contribution is -0.123. The van der Waals surface area contributed by atoms with E-state index in [9.17, 15) is 9.90 Å². The fourth-order valence-corrected chi connectivity index (χ4v) is 5.85.